The van der Waals surface area contributed by atoms with Gasteiger partial charge in [0.2, 0.25) is 11.3 Å². The van der Waals surface area contributed by atoms with Gasteiger partial charge in [-0.25, -0.2) is 8.78 Å². The number of carbonyl (C=O) groups is 1. The van der Waals surface area contributed by atoms with Crippen LogP contribution in [0.15, 0.2) is 47.7 Å². The molecule has 0 saturated heterocycles. The SMILES string of the molecule is CC(F)(F)c1ccc2c(=O)c(CC(=O)Nc3ccc4nncn4c3)nn(C3CC3)c2c1. The van der Waals surface area contributed by atoms with Crippen molar-refractivity contribution in [1.82, 2.24) is 24.4 Å². The van der Waals surface area contributed by atoms with Gasteiger partial charge in [0.1, 0.15) is 12.0 Å². The van der Waals surface area contributed by atoms with Gasteiger partial charge in [-0.05, 0) is 37.1 Å². The lowest BCUT2D eigenvalue weighted by Crippen LogP contribution is -2.25. The molecular weight excluding hydrogens is 406 g/mol. The first kappa shape index (κ1) is 19.3. The number of carbonyl (C=O) groups excluding carboxylic acids is 1. The Labute approximate surface area is 174 Å². The van der Waals surface area contributed by atoms with Gasteiger partial charge in [0.05, 0.1) is 23.7 Å². The summed E-state index contributed by atoms with van der Waals surface area (Å²) in [5.74, 6) is -3.43. The monoisotopic (exact) mass is 424 g/mol. The Morgan fingerprint density at radius 3 is 2.81 bits per heavy atom. The smallest absolute Gasteiger partial charge is 0.270 e. The zero-order valence-corrected chi connectivity index (χ0v) is 16.5. The maximum atomic E-state index is 13.8. The lowest BCUT2D eigenvalue weighted by Gasteiger charge is -2.15. The molecule has 158 valence electrons. The summed E-state index contributed by atoms with van der Waals surface area (Å²) in [7, 11) is 0. The third-order valence-electron chi connectivity index (χ3n) is 5.28. The van der Waals surface area contributed by atoms with Gasteiger partial charge >= 0.3 is 0 Å². The van der Waals surface area contributed by atoms with Crippen molar-refractivity contribution in [3.05, 3.63) is 64.3 Å². The lowest BCUT2D eigenvalue weighted by atomic mass is 10.1. The molecule has 1 fully saturated rings. The van der Waals surface area contributed by atoms with Crippen molar-refractivity contribution < 1.29 is 13.6 Å². The van der Waals surface area contributed by atoms with E-state index < -0.39 is 17.3 Å². The maximum Gasteiger partial charge on any atom is 0.270 e. The standard InChI is InChI=1S/C21H18F2N6O2/c1-21(22,23)12-2-6-15-17(8-12)29(14-4-5-14)27-16(20(15)31)9-19(30)25-13-3-7-18-26-24-11-28(18)10-13/h2-3,6-8,10-11,14H,4-5,9H2,1H3,(H,25,30). The Morgan fingerprint density at radius 1 is 1.26 bits per heavy atom. The molecule has 1 aliphatic rings. The van der Waals surface area contributed by atoms with Crippen molar-refractivity contribution in [2.24, 2.45) is 0 Å². The summed E-state index contributed by atoms with van der Waals surface area (Å²) >= 11 is 0. The predicted octanol–water partition coefficient (Wildman–Crippen LogP) is 3.07. The van der Waals surface area contributed by atoms with E-state index in [1.165, 1.54) is 24.5 Å². The first-order valence-corrected chi connectivity index (χ1v) is 9.82. The van der Waals surface area contributed by atoms with Crippen LogP contribution in [0.4, 0.5) is 14.5 Å². The van der Waals surface area contributed by atoms with E-state index in [2.05, 4.69) is 20.6 Å². The lowest BCUT2D eigenvalue weighted by molar-refractivity contribution is -0.115. The largest absolute Gasteiger partial charge is 0.324 e. The third-order valence-corrected chi connectivity index (χ3v) is 5.28. The molecule has 1 saturated carbocycles. The molecule has 3 aromatic heterocycles. The van der Waals surface area contributed by atoms with Crippen LogP contribution in [0.2, 0.25) is 0 Å². The summed E-state index contributed by atoms with van der Waals surface area (Å²) in [6, 6.07) is 7.40. The van der Waals surface area contributed by atoms with Gasteiger partial charge in [-0.15, -0.1) is 10.2 Å². The van der Waals surface area contributed by atoms with Crippen LogP contribution in [0.5, 0.6) is 0 Å². The van der Waals surface area contributed by atoms with Gasteiger partial charge in [-0.2, -0.15) is 5.10 Å². The molecule has 0 spiro atoms. The molecule has 1 N–H and O–H groups in total. The molecule has 4 aromatic rings. The number of fused-ring (bicyclic) bond motifs is 2. The molecule has 0 atom stereocenters. The molecule has 31 heavy (non-hydrogen) atoms. The molecule has 5 rings (SSSR count). The molecular formula is C21H18F2N6O2. The van der Waals surface area contributed by atoms with E-state index in [4.69, 9.17) is 0 Å². The number of halogens is 2. The van der Waals surface area contributed by atoms with Crippen LogP contribution in [-0.2, 0) is 17.1 Å². The van der Waals surface area contributed by atoms with Gasteiger partial charge < -0.3 is 5.32 Å². The normalized spacial score (nSPS) is 14.3. The fourth-order valence-electron chi connectivity index (χ4n) is 3.54. The number of anilines is 1. The quantitative estimate of drug-likeness (QED) is 0.531. The van der Waals surface area contributed by atoms with Crippen LogP contribution in [0.25, 0.3) is 16.6 Å². The van der Waals surface area contributed by atoms with E-state index in [-0.39, 0.29) is 29.1 Å². The van der Waals surface area contributed by atoms with E-state index in [1.54, 1.807) is 27.4 Å². The number of alkyl halides is 2. The van der Waals surface area contributed by atoms with E-state index in [0.29, 0.717) is 16.9 Å². The van der Waals surface area contributed by atoms with E-state index in [1.807, 2.05) is 0 Å². The minimum absolute atomic E-state index is 0.0433. The topological polar surface area (TPSA) is 94.2 Å². The molecule has 3 heterocycles. The third kappa shape index (κ3) is 3.65. The highest BCUT2D eigenvalue weighted by molar-refractivity contribution is 5.92. The van der Waals surface area contributed by atoms with E-state index in [9.17, 15) is 18.4 Å². The Morgan fingerprint density at radius 2 is 2.06 bits per heavy atom. The van der Waals surface area contributed by atoms with Crippen LogP contribution >= 0.6 is 0 Å². The molecule has 0 bridgehead atoms. The van der Waals surface area contributed by atoms with Gasteiger partial charge in [-0.3, -0.25) is 18.7 Å². The fraction of sp³-hybridized carbons (Fsp3) is 0.286. The number of hydrogen-bond acceptors (Lipinski definition) is 5. The number of amides is 1. The first-order chi connectivity index (χ1) is 14.8. The van der Waals surface area contributed by atoms with Crippen LogP contribution in [0.3, 0.4) is 0 Å². The Hall–Kier alpha value is -3.69. The number of benzene rings is 1. The molecule has 0 radical (unpaired) electrons. The second-order valence-electron chi connectivity index (χ2n) is 7.81. The minimum atomic E-state index is -3.02. The minimum Gasteiger partial charge on any atom is -0.324 e. The molecule has 0 aliphatic heterocycles. The zero-order valence-electron chi connectivity index (χ0n) is 16.5. The van der Waals surface area contributed by atoms with Gasteiger partial charge in [-0.1, -0.05) is 6.07 Å². The van der Waals surface area contributed by atoms with Crippen LogP contribution in [0.1, 0.15) is 37.1 Å². The summed E-state index contributed by atoms with van der Waals surface area (Å²) in [5.41, 5.74) is 1.01. The van der Waals surface area contributed by atoms with Crippen molar-refractivity contribution in [2.45, 2.75) is 38.2 Å². The number of nitrogens with one attached hydrogen (secondary N) is 1. The van der Waals surface area contributed by atoms with Crippen molar-refractivity contribution in [3.63, 3.8) is 0 Å². The highest BCUT2D eigenvalue weighted by atomic mass is 19.3. The maximum absolute atomic E-state index is 13.8. The Bertz CT molecular complexity index is 1380. The number of nitrogens with zero attached hydrogens (tertiary/aromatic N) is 5. The number of rotatable bonds is 5. The average Bonchev–Trinajstić information content (AvgIpc) is 3.46. The van der Waals surface area contributed by atoms with Crippen LogP contribution < -0.4 is 10.7 Å². The highest BCUT2D eigenvalue weighted by Gasteiger charge is 2.30. The van der Waals surface area contributed by atoms with Crippen LogP contribution in [-0.4, -0.2) is 30.3 Å². The molecule has 1 aromatic carbocycles. The molecule has 0 unspecified atom stereocenters. The summed E-state index contributed by atoms with van der Waals surface area (Å²) in [6.07, 6.45) is 4.65. The van der Waals surface area contributed by atoms with Gasteiger partial charge in [0, 0.05) is 24.1 Å². The number of hydrogen-bond donors (Lipinski definition) is 1. The predicted molar refractivity (Wildman–Crippen MR) is 109 cm³/mol. The summed E-state index contributed by atoms with van der Waals surface area (Å²) in [4.78, 5) is 25.5. The second kappa shape index (κ2) is 6.93. The first-order valence-electron chi connectivity index (χ1n) is 9.82. The average molecular weight is 424 g/mol. The van der Waals surface area contributed by atoms with Gasteiger partial charge in [0.25, 0.3) is 5.92 Å². The molecule has 1 amide bonds. The highest BCUT2D eigenvalue weighted by Crippen LogP contribution is 2.37. The van der Waals surface area contributed by atoms with Gasteiger partial charge in [0.15, 0.2) is 5.65 Å². The summed E-state index contributed by atoms with van der Waals surface area (Å²) in [5, 5.41) is 15.1. The number of aromatic nitrogens is 5. The molecule has 10 heteroatoms. The molecule has 1 aliphatic carbocycles. The van der Waals surface area contributed by atoms with Crippen LogP contribution in [0, 0.1) is 0 Å². The fourth-order valence-corrected chi connectivity index (χ4v) is 3.54. The zero-order chi connectivity index (χ0) is 21.8. The summed E-state index contributed by atoms with van der Waals surface area (Å²) in [6.45, 7) is 0.817. The molecule has 8 nitrogen and oxygen atoms in total. The Kier molecular flexibility index (Phi) is 4.31. The van der Waals surface area contributed by atoms with Crippen molar-refractivity contribution in [2.75, 3.05) is 5.32 Å². The second-order valence-corrected chi connectivity index (χ2v) is 7.81. The van der Waals surface area contributed by atoms with Crippen molar-refractivity contribution in [1.29, 1.82) is 0 Å². The Balaban J connectivity index is 1.48. The van der Waals surface area contributed by atoms with Crippen molar-refractivity contribution in [3.8, 4) is 0 Å². The van der Waals surface area contributed by atoms with Crippen molar-refractivity contribution >= 4 is 28.1 Å². The number of pyridine rings is 1. The van der Waals surface area contributed by atoms with E-state index >= 15 is 0 Å². The van der Waals surface area contributed by atoms with E-state index in [0.717, 1.165) is 19.8 Å². The summed E-state index contributed by atoms with van der Waals surface area (Å²) < 4.78 is 30.9.